The minimum Gasteiger partial charge on any atom is -0.483 e. The van der Waals surface area contributed by atoms with Crippen LogP contribution in [0.4, 0.5) is 4.39 Å². The van der Waals surface area contributed by atoms with Crippen LogP contribution in [0, 0.1) is 11.7 Å². The smallest absolute Gasteiger partial charge is 0.258 e. The molecule has 156 valence electrons. The largest absolute Gasteiger partial charge is 0.483 e. The van der Waals surface area contributed by atoms with E-state index in [9.17, 15) is 9.18 Å². The first-order chi connectivity index (χ1) is 14.1. The second kappa shape index (κ2) is 8.95. The summed E-state index contributed by atoms with van der Waals surface area (Å²) >= 11 is 0. The number of fused-ring (bicyclic) bond motifs is 2. The zero-order valence-corrected chi connectivity index (χ0v) is 16.9. The maximum absolute atomic E-state index is 13.6. The van der Waals surface area contributed by atoms with Gasteiger partial charge in [-0.25, -0.2) is 4.39 Å². The highest BCUT2D eigenvalue weighted by Gasteiger charge is 2.30. The topological polar surface area (TPSA) is 59.4 Å². The van der Waals surface area contributed by atoms with Crippen molar-refractivity contribution in [1.82, 2.24) is 20.0 Å². The highest BCUT2D eigenvalue weighted by molar-refractivity contribution is 5.78. The normalized spacial score (nSPS) is 23.7. The minimum atomic E-state index is -0.262. The van der Waals surface area contributed by atoms with Gasteiger partial charge < -0.3 is 10.1 Å². The molecule has 0 bridgehead atoms. The molecule has 1 N–H and O–H groups in total. The number of ether oxygens (including phenoxy) is 1. The fourth-order valence-corrected chi connectivity index (χ4v) is 4.52. The molecule has 6 nitrogen and oxygen atoms in total. The summed E-state index contributed by atoms with van der Waals surface area (Å²) in [5, 5.41) is 7.45. The van der Waals surface area contributed by atoms with Crippen LogP contribution >= 0.6 is 0 Å². The van der Waals surface area contributed by atoms with Gasteiger partial charge in [0.15, 0.2) is 6.61 Å². The number of rotatable bonds is 2. The number of hydrogen-bond donors (Lipinski definition) is 1. The number of likely N-dealkylation sites (tertiary alicyclic amines) is 1. The molecule has 1 aromatic carbocycles. The van der Waals surface area contributed by atoms with Crippen LogP contribution in [0.2, 0.25) is 0 Å². The van der Waals surface area contributed by atoms with Gasteiger partial charge in [-0.3, -0.25) is 14.4 Å². The molecule has 0 aliphatic carbocycles. The Kier molecular flexibility index (Phi) is 6.13. The molecule has 29 heavy (non-hydrogen) atoms. The van der Waals surface area contributed by atoms with E-state index >= 15 is 0 Å². The molecule has 2 aromatic rings. The Hall–Kier alpha value is -2.41. The summed E-state index contributed by atoms with van der Waals surface area (Å²) in [6.07, 6.45) is 6.63. The Morgan fingerprint density at radius 3 is 3.00 bits per heavy atom. The van der Waals surface area contributed by atoms with Crippen LogP contribution in [-0.2, 0) is 24.8 Å². The van der Waals surface area contributed by atoms with Gasteiger partial charge in [-0.15, -0.1) is 0 Å². The van der Waals surface area contributed by atoms with Crippen molar-refractivity contribution in [3.63, 3.8) is 0 Å². The molecule has 0 spiro atoms. The van der Waals surface area contributed by atoms with Crippen LogP contribution in [0.15, 0.2) is 30.5 Å². The van der Waals surface area contributed by atoms with Crippen molar-refractivity contribution in [3.8, 4) is 5.75 Å². The molecule has 1 aromatic heterocycles. The second-order valence-corrected chi connectivity index (χ2v) is 8.19. The maximum atomic E-state index is 13.6. The molecule has 2 atom stereocenters. The summed E-state index contributed by atoms with van der Waals surface area (Å²) < 4.78 is 21.3. The number of amides is 1. The van der Waals surface area contributed by atoms with Crippen molar-refractivity contribution < 1.29 is 13.9 Å². The van der Waals surface area contributed by atoms with Crippen LogP contribution in [-0.4, -0.2) is 46.3 Å². The summed E-state index contributed by atoms with van der Waals surface area (Å²) in [6.45, 7) is 2.77. The lowest BCUT2D eigenvalue weighted by atomic mass is 9.87. The lowest BCUT2D eigenvalue weighted by Gasteiger charge is -2.39. The van der Waals surface area contributed by atoms with Crippen LogP contribution in [0.25, 0.3) is 0 Å². The van der Waals surface area contributed by atoms with Crippen LogP contribution in [0.5, 0.6) is 5.75 Å². The van der Waals surface area contributed by atoms with Gasteiger partial charge in [-0.2, -0.15) is 5.10 Å². The van der Waals surface area contributed by atoms with Crippen molar-refractivity contribution in [2.75, 3.05) is 19.7 Å². The lowest BCUT2D eigenvalue weighted by molar-refractivity contribution is -0.124. The number of halogens is 1. The van der Waals surface area contributed by atoms with Crippen molar-refractivity contribution in [3.05, 3.63) is 47.5 Å². The van der Waals surface area contributed by atoms with E-state index in [2.05, 4.69) is 21.4 Å². The fourth-order valence-electron chi connectivity index (χ4n) is 4.52. The van der Waals surface area contributed by atoms with Crippen LogP contribution in [0.1, 0.15) is 36.9 Å². The molecule has 1 fully saturated rings. The number of carbonyl (C=O) groups excluding carboxylic acids is 1. The van der Waals surface area contributed by atoms with Gasteiger partial charge in [0.1, 0.15) is 11.6 Å². The third-order valence-corrected chi connectivity index (χ3v) is 6.12. The van der Waals surface area contributed by atoms with Gasteiger partial charge in [-0.1, -0.05) is 6.42 Å². The van der Waals surface area contributed by atoms with Crippen LogP contribution < -0.4 is 10.1 Å². The number of nitrogens with one attached hydrogen (secondary N) is 1. The fraction of sp³-hybridized carbons (Fsp3) is 0.545. The van der Waals surface area contributed by atoms with E-state index in [1.54, 1.807) is 6.07 Å². The minimum absolute atomic E-state index is 0.0272. The second-order valence-electron chi connectivity index (χ2n) is 8.19. The standard InChI is InChI=1S/C22H29FN4O2/c1-26-19(8-10-24-26)14-27-11-9-20-17(13-27)5-3-2-4-16-12-18(23)6-7-21(16)29-15-22(28)25-20/h6-8,10,12,17,20H,2-5,9,11,13-15H2,1H3,(H,25,28)/t17-,20+/m1/s1. The van der Waals surface area contributed by atoms with E-state index in [0.717, 1.165) is 57.3 Å². The third kappa shape index (κ3) is 4.96. The van der Waals surface area contributed by atoms with E-state index in [1.807, 2.05) is 17.9 Å². The van der Waals surface area contributed by atoms with E-state index < -0.39 is 0 Å². The zero-order chi connectivity index (χ0) is 20.2. The number of carbonyl (C=O) groups is 1. The SMILES string of the molecule is Cn1nccc1CN1CC[C@@H]2NC(=O)COc3ccc(F)cc3CCCC[C@@H]2C1. The van der Waals surface area contributed by atoms with Gasteiger partial charge in [-0.05, 0) is 61.4 Å². The van der Waals surface area contributed by atoms with Crippen molar-refractivity contribution in [2.45, 2.75) is 44.7 Å². The number of aryl methyl sites for hydroxylation is 2. The number of piperidine rings is 1. The summed E-state index contributed by atoms with van der Waals surface area (Å²) in [5.74, 6) is 0.662. The van der Waals surface area contributed by atoms with Gasteiger partial charge in [0, 0.05) is 38.9 Å². The van der Waals surface area contributed by atoms with E-state index in [4.69, 9.17) is 4.74 Å². The summed E-state index contributed by atoms with van der Waals surface area (Å²) in [4.78, 5) is 14.9. The van der Waals surface area contributed by atoms with Gasteiger partial charge >= 0.3 is 0 Å². The van der Waals surface area contributed by atoms with Crippen molar-refractivity contribution >= 4 is 5.91 Å². The van der Waals surface area contributed by atoms with Gasteiger partial charge in [0.05, 0.1) is 5.69 Å². The third-order valence-electron chi connectivity index (χ3n) is 6.12. The molecular weight excluding hydrogens is 371 g/mol. The highest BCUT2D eigenvalue weighted by atomic mass is 19.1. The molecule has 3 heterocycles. The predicted molar refractivity (Wildman–Crippen MR) is 108 cm³/mol. The van der Waals surface area contributed by atoms with E-state index in [1.165, 1.54) is 17.8 Å². The number of aromatic nitrogens is 2. The predicted octanol–water partition coefficient (Wildman–Crippen LogP) is 2.67. The molecule has 7 heteroatoms. The first kappa shape index (κ1) is 19.9. The summed E-state index contributed by atoms with van der Waals surface area (Å²) in [7, 11) is 1.97. The lowest BCUT2D eigenvalue weighted by Crippen LogP contribution is -2.51. The van der Waals surface area contributed by atoms with E-state index in [-0.39, 0.29) is 24.4 Å². The Balaban J connectivity index is 1.43. The first-order valence-corrected chi connectivity index (χ1v) is 10.5. The highest BCUT2D eigenvalue weighted by Crippen LogP contribution is 2.27. The molecular formula is C22H29FN4O2. The van der Waals surface area contributed by atoms with Gasteiger partial charge in [0.2, 0.25) is 0 Å². The quantitative estimate of drug-likeness (QED) is 0.842. The van der Waals surface area contributed by atoms with Crippen molar-refractivity contribution in [2.24, 2.45) is 13.0 Å². The Bertz CT molecular complexity index is 853. The molecule has 1 amide bonds. The zero-order valence-electron chi connectivity index (χ0n) is 16.9. The monoisotopic (exact) mass is 400 g/mol. The van der Waals surface area contributed by atoms with E-state index in [0.29, 0.717) is 11.7 Å². The molecule has 4 rings (SSSR count). The summed E-state index contributed by atoms with van der Waals surface area (Å²) in [5.41, 5.74) is 2.05. The Labute approximate surface area is 171 Å². The molecule has 0 radical (unpaired) electrons. The van der Waals surface area contributed by atoms with Crippen molar-refractivity contribution in [1.29, 1.82) is 0 Å². The van der Waals surface area contributed by atoms with Gasteiger partial charge in [0.25, 0.3) is 5.91 Å². The average Bonchev–Trinajstić information content (AvgIpc) is 3.10. The molecule has 0 unspecified atom stereocenters. The Morgan fingerprint density at radius 2 is 2.17 bits per heavy atom. The Morgan fingerprint density at radius 1 is 1.28 bits per heavy atom. The number of benzene rings is 1. The molecule has 0 saturated carbocycles. The summed E-state index contributed by atoms with van der Waals surface area (Å²) in [6, 6.07) is 6.78. The van der Waals surface area contributed by atoms with Crippen LogP contribution in [0.3, 0.4) is 0 Å². The first-order valence-electron chi connectivity index (χ1n) is 10.5. The number of nitrogens with zero attached hydrogens (tertiary/aromatic N) is 3. The molecule has 1 saturated heterocycles. The molecule has 2 aliphatic heterocycles. The average molecular weight is 400 g/mol. The maximum Gasteiger partial charge on any atom is 0.258 e. The number of hydrogen-bond acceptors (Lipinski definition) is 4. The molecule has 2 aliphatic rings.